The van der Waals surface area contributed by atoms with Gasteiger partial charge in [-0.05, 0) is 84.9 Å². The smallest absolute Gasteiger partial charge is 0.403 e. The maximum absolute atomic E-state index is 14.9. The van der Waals surface area contributed by atoms with Crippen LogP contribution in [0, 0.1) is 29.4 Å². The van der Waals surface area contributed by atoms with Crippen molar-refractivity contribution in [1.29, 1.82) is 0 Å². The van der Waals surface area contributed by atoms with Crippen molar-refractivity contribution in [1.82, 2.24) is 0 Å². The van der Waals surface area contributed by atoms with Gasteiger partial charge in [-0.2, -0.15) is 0 Å². The van der Waals surface area contributed by atoms with Gasteiger partial charge in [-0.1, -0.05) is 57.9 Å². The third-order valence-electron chi connectivity index (χ3n) is 8.11. The molecule has 4 atom stereocenters. The Hall–Kier alpha value is -1.85. The van der Waals surface area contributed by atoms with E-state index in [1.165, 1.54) is 63.9 Å². The first-order valence-corrected chi connectivity index (χ1v) is 12.9. The van der Waals surface area contributed by atoms with Crippen LogP contribution in [0.4, 0.5) is 22.0 Å². The predicted molar refractivity (Wildman–Crippen MR) is 125 cm³/mol. The second kappa shape index (κ2) is 10.8. The first-order chi connectivity index (χ1) is 16.2. The van der Waals surface area contributed by atoms with Crippen molar-refractivity contribution in [3.05, 3.63) is 41.5 Å². The molecule has 2 fully saturated rings. The van der Waals surface area contributed by atoms with Crippen LogP contribution in [0.15, 0.2) is 24.3 Å². The number of hydrogen-bond acceptors (Lipinski definition) is 1. The third-order valence-corrected chi connectivity index (χ3v) is 8.11. The Morgan fingerprint density at radius 2 is 1.56 bits per heavy atom. The molecule has 1 nitrogen and oxygen atoms in total. The largest absolute Gasteiger partial charge is 0.573 e. The summed E-state index contributed by atoms with van der Waals surface area (Å²) in [5.74, 6) is -0.335. The molecular weight excluding hydrogens is 447 g/mol. The maximum atomic E-state index is 14.9. The van der Waals surface area contributed by atoms with Gasteiger partial charge in [-0.3, -0.25) is 0 Å². The standard InChI is InChI=1S/C28H35F5O/c1-2-3-4-5-6-7-18-8-9-20-13-21(11-10-19(20)12-18)22-14-23-16-26(30)27(34-28(31,32)33)17-24(23)25(29)15-22/h14-21H,2-13H2,1H3. The molecule has 0 bridgehead atoms. The summed E-state index contributed by atoms with van der Waals surface area (Å²) >= 11 is 0. The predicted octanol–water partition coefficient (Wildman–Crippen LogP) is 9.68. The Bertz CT molecular complexity index is 969. The van der Waals surface area contributed by atoms with Gasteiger partial charge in [0.1, 0.15) is 5.82 Å². The van der Waals surface area contributed by atoms with E-state index in [9.17, 15) is 22.0 Å². The molecule has 0 saturated heterocycles. The molecule has 0 N–H and O–H groups in total. The fraction of sp³-hybridized carbons (Fsp3) is 0.643. The van der Waals surface area contributed by atoms with Gasteiger partial charge >= 0.3 is 6.36 Å². The van der Waals surface area contributed by atoms with E-state index in [1.54, 1.807) is 6.07 Å². The molecule has 0 amide bonds. The Morgan fingerprint density at radius 1 is 0.824 bits per heavy atom. The fourth-order valence-electron chi connectivity index (χ4n) is 6.37. The van der Waals surface area contributed by atoms with Crippen molar-refractivity contribution in [2.45, 2.75) is 96.3 Å². The average Bonchev–Trinajstić information content (AvgIpc) is 2.78. The molecule has 0 heterocycles. The van der Waals surface area contributed by atoms with Crippen LogP contribution in [0.3, 0.4) is 0 Å². The lowest BCUT2D eigenvalue weighted by Gasteiger charge is -2.42. The summed E-state index contributed by atoms with van der Waals surface area (Å²) in [6.07, 6.45) is 9.90. The van der Waals surface area contributed by atoms with Gasteiger partial charge in [0.2, 0.25) is 0 Å². The molecule has 2 aliphatic carbocycles. The lowest BCUT2D eigenvalue weighted by atomic mass is 9.63. The Morgan fingerprint density at radius 3 is 2.32 bits per heavy atom. The minimum absolute atomic E-state index is 0.0578. The zero-order chi connectivity index (χ0) is 24.3. The van der Waals surface area contributed by atoms with Crippen LogP contribution in [-0.4, -0.2) is 6.36 Å². The number of rotatable bonds is 8. The zero-order valence-electron chi connectivity index (χ0n) is 19.9. The molecule has 2 aromatic carbocycles. The number of benzene rings is 2. The second-order valence-electron chi connectivity index (χ2n) is 10.5. The maximum Gasteiger partial charge on any atom is 0.573 e. The normalized spacial score (nSPS) is 25.4. The van der Waals surface area contributed by atoms with E-state index in [-0.39, 0.29) is 16.7 Å². The summed E-state index contributed by atoms with van der Waals surface area (Å²) in [5.41, 5.74) is 0.824. The summed E-state index contributed by atoms with van der Waals surface area (Å²) < 4.78 is 70.3. The van der Waals surface area contributed by atoms with E-state index in [1.807, 2.05) is 0 Å². The quantitative estimate of drug-likeness (QED) is 0.269. The molecular formula is C28H35F5O. The van der Waals surface area contributed by atoms with Crippen LogP contribution < -0.4 is 4.74 Å². The van der Waals surface area contributed by atoms with Crippen molar-refractivity contribution in [2.24, 2.45) is 17.8 Å². The van der Waals surface area contributed by atoms with E-state index >= 15 is 0 Å². The molecule has 0 spiro atoms. The third kappa shape index (κ3) is 6.23. The van der Waals surface area contributed by atoms with Gasteiger partial charge < -0.3 is 4.74 Å². The van der Waals surface area contributed by atoms with Crippen molar-refractivity contribution in [2.75, 3.05) is 0 Å². The molecule has 0 aromatic heterocycles. The molecule has 2 aliphatic rings. The SMILES string of the molecule is CCCCCCCC1CCC2CC(c3cc(F)c4cc(OC(F)(F)F)c(F)cc4c3)CCC2C1. The Balaban J connectivity index is 1.40. The highest BCUT2D eigenvalue weighted by molar-refractivity contribution is 5.85. The first kappa shape index (κ1) is 25.2. The van der Waals surface area contributed by atoms with E-state index in [0.717, 1.165) is 48.8 Å². The van der Waals surface area contributed by atoms with Gasteiger partial charge in [-0.25, -0.2) is 8.78 Å². The molecule has 4 rings (SSSR count). The summed E-state index contributed by atoms with van der Waals surface area (Å²) in [5, 5.41) is 0.216. The molecule has 0 radical (unpaired) electrons. The first-order valence-electron chi connectivity index (χ1n) is 12.9. The molecule has 188 valence electrons. The van der Waals surface area contributed by atoms with Gasteiger partial charge in [0.25, 0.3) is 0 Å². The van der Waals surface area contributed by atoms with Crippen LogP contribution in [0.2, 0.25) is 0 Å². The van der Waals surface area contributed by atoms with Crippen molar-refractivity contribution in [3.8, 4) is 5.75 Å². The highest BCUT2D eigenvalue weighted by Crippen LogP contribution is 2.49. The summed E-state index contributed by atoms with van der Waals surface area (Å²) in [4.78, 5) is 0. The number of hydrogen-bond donors (Lipinski definition) is 0. The van der Waals surface area contributed by atoms with E-state index in [0.29, 0.717) is 5.92 Å². The molecule has 34 heavy (non-hydrogen) atoms. The molecule has 2 saturated carbocycles. The topological polar surface area (TPSA) is 9.23 Å². The number of alkyl halides is 3. The minimum Gasteiger partial charge on any atom is -0.403 e. The summed E-state index contributed by atoms with van der Waals surface area (Å²) in [6.45, 7) is 2.24. The van der Waals surface area contributed by atoms with Crippen LogP contribution in [-0.2, 0) is 0 Å². The highest BCUT2D eigenvalue weighted by atomic mass is 19.4. The average molecular weight is 483 g/mol. The van der Waals surface area contributed by atoms with E-state index in [2.05, 4.69) is 11.7 Å². The van der Waals surface area contributed by atoms with Gasteiger partial charge in [0.15, 0.2) is 11.6 Å². The fourth-order valence-corrected chi connectivity index (χ4v) is 6.37. The zero-order valence-corrected chi connectivity index (χ0v) is 19.9. The Kier molecular flexibility index (Phi) is 8.04. The number of ether oxygens (including phenoxy) is 1. The molecule has 2 aromatic rings. The van der Waals surface area contributed by atoms with E-state index < -0.39 is 23.7 Å². The van der Waals surface area contributed by atoms with Gasteiger partial charge in [0.05, 0.1) is 0 Å². The Labute approximate surface area is 199 Å². The molecule has 0 aliphatic heterocycles. The number of fused-ring (bicyclic) bond motifs is 2. The van der Waals surface area contributed by atoms with Crippen LogP contribution >= 0.6 is 0 Å². The van der Waals surface area contributed by atoms with Crippen molar-refractivity contribution in [3.63, 3.8) is 0 Å². The second-order valence-corrected chi connectivity index (χ2v) is 10.5. The summed E-state index contributed by atoms with van der Waals surface area (Å²) in [7, 11) is 0. The van der Waals surface area contributed by atoms with Crippen molar-refractivity contribution < 1.29 is 26.7 Å². The van der Waals surface area contributed by atoms with Crippen molar-refractivity contribution >= 4 is 10.8 Å². The van der Waals surface area contributed by atoms with Gasteiger partial charge in [0, 0.05) is 5.39 Å². The number of halogens is 5. The minimum atomic E-state index is -5.03. The lowest BCUT2D eigenvalue weighted by molar-refractivity contribution is -0.275. The van der Waals surface area contributed by atoms with Crippen LogP contribution in [0.25, 0.3) is 10.8 Å². The molecule has 4 unspecified atom stereocenters. The number of unbranched alkanes of at least 4 members (excludes halogenated alkanes) is 4. The lowest BCUT2D eigenvalue weighted by Crippen LogP contribution is -2.30. The van der Waals surface area contributed by atoms with E-state index in [4.69, 9.17) is 0 Å². The summed E-state index contributed by atoms with van der Waals surface area (Å²) in [6, 6.07) is 4.91. The van der Waals surface area contributed by atoms with Crippen LogP contribution in [0.1, 0.15) is 95.5 Å². The highest BCUT2D eigenvalue weighted by Gasteiger charge is 2.36. The van der Waals surface area contributed by atoms with Crippen LogP contribution in [0.5, 0.6) is 5.75 Å². The van der Waals surface area contributed by atoms with Gasteiger partial charge in [-0.15, -0.1) is 13.2 Å². The molecule has 6 heteroatoms. The monoisotopic (exact) mass is 482 g/mol.